The molecule has 7 aromatic carbocycles. The Hall–Kier alpha value is -9.12. The number of likely N-dealkylation sites (N-methyl/N-ethyl adjacent to an activating group) is 1. The molecule has 0 atom stereocenters. The second kappa shape index (κ2) is 34.3. The van der Waals surface area contributed by atoms with Crippen LogP contribution in [-0.2, 0) is 78.7 Å². The molecule has 16 heteroatoms. The summed E-state index contributed by atoms with van der Waals surface area (Å²) in [5.74, 6) is 4.63. The summed E-state index contributed by atoms with van der Waals surface area (Å²) in [6.07, 6.45) is 6.70. The third kappa shape index (κ3) is 19.7. The molecule has 0 radical (unpaired) electrons. The molecular formula is C72H86N6O10. The zero-order chi connectivity index (χ0) is 62.8. The summed E-state index contributed by atoms with van der Waals surface area (Å²) in [4.78, 5) is 43.7. The number of phenolic OH excluding ortho intramolecular Hbond substituents is 1. The number of rotatable bonds is 9. The van der Waals surface area contributed by atoms with Crippen molar-refractivity contribution in [2.45, 2.75) is 71.3 Å². The van der Waals surface area contributed by atoms with E-state index in [1.807, 2.05) is 109 Å². The SMILES string of the molecule is C=C1c2ccc(OC)cc2CCN1C.COc1ccc2c(c1)CCN(C(=O)OCc1ccccc1)C(=O)C2.COc1ccc2c(c1)CCN=C2C.COc1ccc2c(c1)CCNC(=O)C2.COc1cccc(CCN)c1.Oc1ccc2c(c1)CCNCC2. The number of amides is 3. The Morgan fingerprint density at radius 3 is 1.76 bits per heavy atom. The first-order valence-corrected chi connectivity index (χ1v) is 29.9. The van der Waals surface area contributed by atoms with Crippen LogP contribution in [0.3, 0.4) is 0 Å². The molecule has 7 aromatic rings. The fraction of sp³-hybridized carbons (Fsp3) is 0.333. The summed E-state index contributed by atoms with van der Waals surface area (Å²) >= 11 is 0. The summed E-state index contributed by atoms with van der Waals surface area (Å²) in [5.41, 5.74) is 21.9. The van der Waals surface area contributed by atoms with Gasteiger partial charge in [-0.1, -0.05) is 67.2 Å². The molecule has 16 nitrogen and oxygen atoms in total. The molecule has 0 aliphatic carbocycles. The zero-order valence-electron chi connectivity index (χ0n) is 52.1. The highest BCUT2D eigenvalue weighted by atomic mass is 16.6. The first kappa shape index (κ1) is 66.4. The van der Waals surface area contributed by atoms with E-state index in [1.165, 1.54) is 49.4 Å². The van der Waals surface area contributed by atoms with Gasteiger partial charge in [-0.3, -0.25) is 14.6 Å². The van der Waals surface area contributed by atoms with E-state index in [0.29, 0.717) is 31.7 Å². The van der Waals surface area contributed by atoms with Gasteiger partial charge in [-0.05, 0) is 218 Å². The molecule has 0 saturated heterocycles. The summed E-state index contributed by atoms with van der Waals surface area (Å²) in [5, 5.41) is 15.4. The number of methoxy groups -OCH3 is 5. The maximum Gasteiger partial charge on any atom is 0.416 e. The number of carbonyl (C=O) groups is 3. The first-order chi connectivity index (χ1) is 42.7. The minimum Gasteiger partial charge on any atom is -0.508 e. The maximum absolute atomic E-state index is 12.4. The summed E-state index contributed by atoms with van der Waals surface area (Å²) < 4.78 is 31.1. The largest absolute Gasteiger partial charge is 0.508 e. The second-order valence-corrected chi connectivity index (χ2v) is 21.5. The summed E-state index contributed by atoms with van der Waals surface area (Å²) in [7, 11) is 10.4. The van der Waals surface area contributed by atoms with E-state index >= 15 is 0 Å². The highest BCUT2D eigenvalue weighted by Crippen LogP contribution is 2.30. The fourth-order valence-corrected chi connectivity index (χ4v) is 10.6. The number of nitrogens with one attached hydrogen (secondary N) is 2. The van der Waals surface area contributed by atoms with Crippen LogP contribution in [0.1, 0.15) is 73.7 Å². The Bertz CT molecular complexity index is 3480. The highest BCUT2D eigenvalue weighted by molar-refractivity contribution is 6.01. The van der Waals surface area contributed by atoms with Crippen molar-refractivity contribution in [2.75, 3.05) is 88.4 Å². The molecule has 0 saturated carbocycles. The Morgan fingerprint density at radius 1 is 0.568 bits per heavy atom. The predicted octanol–water partition coefficient (Wildman–Crippen LogP) is 10.4. The van der Waals surface area contributed by atoms with Crippen LogP contribution in [0.4, 0.5) is 4.79 Å². The van der Waals surface area contributed by atoms with Crippen molar-refractivity contribution in [3.63, 3.8) is 0 Å². The number of phenols is 1. The molecule has 5 aliphatic heterocycles. The van der Waals surface area contributed by atoms with Gasteiger partial charge < -0.3 is 54.8 Å². The lowest BCUT2D eigenvalue weighted by Gasteiger charge is -2.29. The quantitative estimate of drug-likeness (QED) is 0.107. The molecule has 5 N–H and O–H groups in total. The van der Waals surface area contributed by atoms with Gasteiger partial charge in [0.05, 0.1) is 48.4 Å². The molecular weight excluding hydrogens is 1110 g/mol. The monoisotopic (exact) mass is 1190 g/mol. The van der Waals surface area contributed by atoms with Gasteiger partial charge in [0.1, 0.15) is 41.1 Å². The number of hydrogen-bond acceptors (Lipinski definition) is 14. The van der Waals surface area contributed by atoms with Crippen molar-refractivity contribution in [3.05, 3.63) is 219 Å². The average Bonchev–Trinajstić information content (AvgIpc) is 3.81. The number of benzene rings is 7. The number of aliphatic imine (C=N–C) groups is 1. The number of carbonyl (C=O) groups excluding carboxylic acids is 3. The van der Waals surface area contributed by atoms with Crippen LogP contribution in [-0.4, -0.2) is 127 Å². The van der Waals surface area contributed by atoms with E-state index in [-0.39, 0.29) is 24.8 Å². The third-order valence-corrected chi connectivity index (χ3v) is 15.7. The van der Waals surface area contributed by atoms with Crippen LogP contribution in [0.25, 0.3) is 5.70 Å². The molecule has 0 aromatic heterocycles. The normalized spacial score (nSPS) is 14.3. The predicted molar refractivity (Wildman–Crippen MR) is 348 cm³/mol. The molecule has 0 spiro atoms. The van der Waals surface area contributed by atoms with Crippen molar-refractivity contribution in [1.29, 1.82) is 0 Å². The van der Waals surface area contributed by atoms with Crippen LogP contribution < -0.4 is 40.1 Å². The van der Waals surface area contributed by atoms with Crippen molar-refractivity contribution < 1.29 is 47.9 Å². The number of nitrogens with two attached hydrogens (primary N) is 1. The van der Waals surface area contributed by atoms with Crippen molar-refractivity contribution in [3.8, 4) is 34.5 Å². The molecule has 0 bridgehead atoms. The minimum absolute atomic E-state index is 0.105. The molecule has 0 fully saturated rings. The maximum atomic E-state index is 12.4. The molecule has 12 rings (SSSR count). The molecule has 88 heavy (non-hydrogen) atoms. The first-order valence-electron chi connectivity index (χ1n) is 29.9. The Kier molecular flexibility index (Phi) is 25.9. The van der Waals surface area contributed by atoms with Crippen LogP contribution >= 0.6 is 0 Å². The van der Waals surface area contributed by atoms with Crippen molar-refractivity contribution >= 4 is 29.3 Å². The van der Waals surface area contributed by atoms with Gasteiger partial charge in [0.15, 0.2) is 0 Å². The van der Waals surface area contributed by atoms with Crippen LogP contribution in [0.2, 0.25) is 0 Å². The number of hydrogen-bond donors (Lipinski definition) is 4. The molecule has 3 amide bonds. The third-order valence-electron chi connectivity index (χ3n) is 15.7. The van der Waals surface area contributed by atoms with E-state index < -0.39 is 6.09 Å². The average molecular weight is 1200 g/mol. The molecule has 5 aliphatic rings. The van der Waals surface area contributed by atoms with Gasteiger partial charge in [0.25, 0.3) is 0 Å². The zero-order valence-corrected chi connectivity index (χ0v) is 52.1. The number of ether oxygens (including phenoxy) is 6. The van der Waals surface area contributed by atoms with E-state index in [1.54, 1.807) is 41.6 Å². The van der Waals surface area contributed by atoms with E-state index in [0.717, 1.165) is 134 Å². The summed E-state index contributed by atoms with van der Waals surface area (Å²) in [6.45, 7) is 12.0. The van der Waals surface area contributed by atoms with Gasteiger partial charge >= 0.3 is 6.09 Å². The number of nitrogens with zero attached hydrogens (tertiary/aromatic N) is 3. The van der Waals surface area contributed by atoms with Crippen LogP contribution in [0.5, 0.6) is 34.5 Å². The lowest BCUT2D eigenvalue weighted by atomic mass is 9.97. The number of fused-ring (bicyclic) bond motifs is 5. The highest BCUT2D eigenvalue weighted by Gasteiger charge is 2.27. The standard InChI is InChI=1S/C19H19NO4.C12H15NO.C11H13NO2.C11H13NO.C10H13NO.C9H13NO/c1-23-17-8-7-15-12-18(21)20(10-9-16(15)11-17)19(22)24-13-14-5-3-2-4-6-14;1-9-12-5-4-11(14-3)8-10(12)6-7-13(9)2;1-14-10-3-2-8-7-11(13)12-5-4-9(8)6-10;1-8-11-4-3-10(13-2)7-9(11)5-6-12-8;12-10-2-1-8-3-5-11-6-4-9(8)7-10;1-11-9-4-2-3-8(7-9)5-6-10/h2-8,11H,9-10,12-13H2,1H3;4-5,8H,1,6-7H2,2-3H3;2-3,6H,4-5,7H2,1H3,(H,12,13);3-4,7H,5-6H2,1-2H3;1-2,7,11-12H,3-6H2;2-4,7H,5-6,10H2,1H3. The Balaban J connectivity index is 0.000000154. The molecule has 464 valence electrons. The lowest BCUT2D eigenvalue weighted by Crippen LogP contribution is -2.38. The molecule has 5 heterocycles. The van der Waals surface area contributed by atoms with E-state index in [2.05, 4.69) is 71.4 Å². The lowest BCUT2D eigenvalue weighted by molar-refractivity contribution is -0.128. The van der Waals surface area contributed by atoms with Gasteiger partial charge in [0.2, 0.25) is 11.8 Å². The Morgan fingerprint density at radius 2 is 1.10 bits per heavy atom. The van der Waals surface area contributed by atoms with Gasteiger partial charge in [-0.15, -0.1) is 0 Å². The van der Waals surface area contributed by atoms with E-state index in [9.17, 15) is 19.5 Å². The van der Waals surface area contributed by atoms with Crippen LogP contribution in [0, 0.1) is 0 Å². The topological polar surface area (TPSA) is 196 Å². The minimum atomic E-state index is -0.594. The van der Waals surface area contributed by atoms with Gasteiger partial charge in [-0.2, -0.15) is 0 Å². The summed E-state index contributed by atoms with van der Waals surface area (Å²) in [6, 6.07) is 46.9. The molecule has 0 unspecified atom stereocenters. The van der Waals surface area contributed by atoms with Gasteiger partial charge in [-0.25, -0.2) is 9.69 Å². The number of aromatic hydroxyl groups is 1. The second-order valence-electron chi connectivity index (χ2n) is 21.5. The smallest absolute Gasteiger partial charge is 0.416 e. The fourth-order valence-electron chi connectivity index (χ4n) is 10.6. The number of imide groups is 1. The van der Waals surface area contributed by atoms with Crippen LogP contribution in [0.15, 0.2) is 157 Å². The Labute approximate surface area is 519 Å². The van der Waals surface area contributed by atoms with Gasteiger partial charge in [0, 0.05) is 50.2 Å². The van der Waals surface area contributed by atoms with Crippen molar-refractivity contribution in [1.82, 2.24) is 20.4 Å². The van der Waals surface area contributed by atoms with Crippen molar-refractivity contribution in [2.24, 2.45) is 10.7 Å². The van der Waals surface area contributed by atoms with E-state index in [4.69, 9.17) is 34.2 Å².